The Morgan fingerprint density at radius 2 is 1.76 bits per heavy atom. The first-order valence-electron chi connectivity index (χ1n) is 7.78. The van der Waals surface area contributed by atoms with E-state index in [0.29, 0.717) is 6.04 Å². The van der Waals surface area contributed by atoms with Crippen molar-refractivity contribution < 1.29 is 0 Å². The van der Waals surface area contributed by atoms with Crippen molar-refractivity contribution in [2.24, 2.45) is 0 Å². The summed E-state index contributed by atoms with van der Waals surface area (Å²) in [5, 5.41) is 0. The molecule has 1 atom stereocenters. The molecule has 0 aliphatic carbocycles. The summed E-state index contributed by atoms with van der Waals surface area (Å²) in [4.78, 5) is 17.1. The second-order valence-corrected chi connectivity index (χ2v) is 5.81. The highest BCUT2D eigenvalue weighted by Gasteiger charge is 2.18. The van der Waals surface area contributed by atoms with Gasteiger partial charge in [0.05, 0.1) is 0 Å². The Morgan fingerprint density at radius 1 is 1.05 bits per heavy atom. The summed E-state index contributed by atoms with van der Waals surface area (Å²) < 4.78 is 0. The molecule has 0 saturated carbocycles. The summed E-state index contributed by atoms with van der Waals surface area (Å²) in [5.41, 5.74) is 3.00. The van der Waals surface area contributed by atoms with Gasteiger partial charge >= 0.3 is 0 Å². The van der Waals surface area contributed by atoms with Crippen molar-refractivity contribution in [3.8, 4) is 11.1 Å². The molecule has 0 unspecified atom stereocenters. The molecular weight excluding hydrogens is 260 g/mol. The maximum absolute atomic E-state index is 11.8. The molecule has 1 fully saturated rings. The molecule has 0 amide bonds. The molecule has 3 heteroatoms. The maximum Gasteiger partial charge on any atom is 0.255 e. The largest absolute Gasteiger partial charge is 0.329 e. The molecule has 1 aromatic heterocycles. The summed E-state index contributed by atoms with van der Waals surface area (Å²) in [7, 11) is 0. The van der Waals surface area contributed by atoms with Gasteiger partial charge in [0.25, 0.3) is 5.56 Å². The Morgan fingerprint density at radius 3 is 2.43 bits per heavy atom. The second-order valence-electron chi connectivity index (χ2n) is 5.81. The third-order valence-electron chi connectivity index (χ3n) is 4.46. The lowest BCUT2D eigenvalue weighted by Crippen LogP contribution is -2.32. The van der Waals surface area contributed by atoms with E-state index in [9.17, 15) is 4.79 Å². The number of nitrogens with one attached hydrogen (secondary N) is 1. The quantitative estimate of drug-likeness (QED) is 0.934. The van der Waals surface area contributed by atoms with Crippen LogP contribution in [0.1, 0.15) is 37.8 Å². The fourth-order valence-corrected chi connectivity index (χ4v) is 3.11. The smallest absolute Gasteiger partial charge is 0.255 e. The van der Waals surface area contributed by atoms with E-state index in [0.717, 1.165) is 11.1 Å². The third kappa shape index (κ3) is 3.08. The van der Waals surface area contributed by atoms with Gasteiger partial charge in [0.2, 0.25) is 0 Å². The fraction of sp³-hybridized carbons (Fsp3) is 0.389. The van der Waals surface area contributed by atoms with E-state index in [1.165, 1.54) is 37.9 Å². The molecule has 1 aliphatic rings. The molecule has 1 aromatic carbocycles. The van der Waals surface area contributed by atoms with Gasteiger partial charge in [0.15, 0.2) is 0 Å². The Bertz CT molecular complexity index is 639. The monoisotopic (exact) mass is 282 g/mol. The molecule has 3 rings (SSSR count). The molecule has 0 radical (unpaired) electrons. The Hall–Kier alpha value is -1.87. The lowest BCUT2D eigenvalue weighted by molar-refractivity contribution is 0.175. The zero-order valence-electron chi connectivity index (χ0n) is 12.5. The highest BCUT2D eigenvalue weighted by atomic mass is 16.1. The van der Waals surface area contributed by atoms with E-state index in [2.05, 4.69) is 41.1 Å². The first-order valence-corrected chi connectivity index (χ1v) is 7.78. The molecule has 0 bridgehead atoms. The van der Waals surface area contributed by atoms with Crippen LogP contribution in [0.5, 0.6) is 0 Å². The lowest BCUT2D eigenvalue weighted by Gasteiger charge is -2.32. The van der Waals surface area contributed by atoms with Gasteiger partial charge in [-0.3, -0.25) is 9.69 Å². The van der Waals surface area contributed by atoms with Crippen molar-refractivity contribution >= 4 is 0 Å². The van der Waals surface area contributed by atoms with Gasteiger partial charge in [0, 0.05) is 17.8 Å². The number of benzene rings is 1. The highest BCUT2D eigenvalue weighted by molar-refractivity contribution is 5.62. The van der Waals surface area contributed by atoms with Crippen LogP contribution in [-0.2, 0) is 0 Å². The fourth-order valence-electron chi connectivity index (χ4n) is 3.11. The number of nitrogens with zero attached hydrogens (tertiary/aromatic N) is 1. The number of aromatic nitrogens is 1. The molecule has 2 aromatic rings. The molecular formula is C18H22N2O. The molecule has 21 heavy (non-hydrogen) atoms. The number of hydrogen-bond donors (Lipinski definition) is 1. The van der Waals surface area contributed by atoms with Gasteiger partial charge in [-0.05, 0) is 56.1 Å². The van der Waals surface area contributed by atoms with Crippen LogP contribution < -0.4 is 5.56 Å². The van der Waals surface area contributed by atoms with Crippen LogP contribution >= 0.6 is 0 Å². The number of rotatable bonds is 3. The van der Waals surface area contributed by atoms with E-state index in [4.69, 9.17) is 0 Å². The van der Waals surface area contributed by atoms with Gasteiger partial charge < -0.3 is 4.98 Å². The lowest BCUT2D eigenvalue weighted by atomic mass is 10.00. The van der Waals surface area contributed by atoms with E-state index in [1.807, 2.05) is 12.1 Å². The summed E-state index contributed by atoms with van der Waals surface area (Å²) in [5.74, 6) is 0. The minimum absolute atomic E-state index is 0.0330. The number of aromatic amines is 1. The third-order valence-corrected chi connectivity index (χ3v) is 4.46. The van der Waals surface area contributed by atoms with Crippen LogP contribution in [0.15, 0.2) is 47.4 Å². The van der Waals surface area contributed by atoms with Crippen LogP contribution in [0.4, 0.5) is 0 Å². The first kappa shape index (κ1) is 14.1. The second kappa shape index (κ2) is 6.27. The summed E-state index contributed by atoms with van der Waals surface area (Å²) >= 11 is 0. The maximum atomic E-state index is 11.8. The van der Waals surface area contributed by atoms with Crippen molar-refractivity contribution in [1.82, 2.24) is 9.88 Å². The number of pyridine rings is 1. The predicted molar refractivity (Wildman–Crippen MR) is 86.3 cm³/mol. The summed E-state index contributed by atoms with van der Waals surface area (Å²) in [6, 6.07) is 12.6. The molecule has 0 spiro atoms. The first-order chi connectivity index (χ1) is 10.3. The molecule has 1 saturated heterocycles. The molecule has 1 aliphatic heterocycles. The van der Waals surface area contributed by atoms with Crippen LogP contribution in [-0.4, -0.2) is 23.0 Å². The van der Waals surface area contributed by atoms with Crippen molar-refractivity contribution in [3.63, 3.8) is 0 Å². The van der Waals surface area contributed by atoms with Crippen LogP contribution in [0.3, 0.4) is 0 Å². The van der Waals surface area contributed by atoms with Crippen LogP contribution in [0.2, 0.25) is 0 Å². The summed E-state index contributed by atoms with van der Waals surface area (Å²) in [6.45, 7) is 4.66. The number of piperidine rings is 1. The number of H-pyrrole nitrogens is 1. The van der Waals surface area contributed by atoms with E-state index in [1.54, 1.807) is 6.20 Å². The van der Waals surface area contributed by atoms with E-state index < -0.39 is 0 Å². The topological polar surface area (TPSA) is 36.1 Å². The Balaban J connectivity index is 1.81. The van der Waals surface area contributed by atoms with E-state index in [-0.39, 0.29) is 5.56 Å². The summed E-state index contributed by atoms with van der Waals surface area (Å²) in [6.07, 6.45) is 5.64. The van der Waals surface area contributed by atoms with Crippen molar-refractivity contribution in [1.29, 1.82) is 0 Å². The Kier molecular flexibility index (Phi) is 4.20. The number of likely N-dealkylation sites (tertiary alicyclic amines) is 1. The molecule has 3 nitrogen and oxygen atoms in total. The predicted octanol–water partition coefficient (Wildman–Crippen LogP) is 3.59. The van der Waals surface area contributed by atoms with Gasteiger partial charge in [-0.1, -0.05) is 30.7 Å². The molecule has 110 valence electrons. The highest BCUT2D eigenvalue weighted by Crippen LogP contribution is 2.25. The van der Waals surface area contributed by atoms with Gasteiger partial charge in [-0.2, -0.15) is 0 Å². The average molecular weight is 282 g/mol. The zero-order valence-corrected chi connectivity index (χ0v) is 12.5. The van der Waals surface area contributed by atoms with Crippen LogP contribution in [0, 0.1) is 0 Å². The van der Waals surface area contributed by atoms with Crippen molar-refractivity contribution in [2.75, 3.05) is 13.1 Å². The molecule has 2 heterocycles. The van der Waals surface area contributed by atoms with Gasteiger partial charge in [0.1, 0.15) is 0 Å². The van der Waals surface area contributed by atoms with Gasteiger partial charge in [-0.15, -0.1) is 0 Å². The normalized spacial score (nSPS) is 17.6. The van der Waals surface area contributed by atoms with Crippen molar-refractivity contribution in [3.05, 3.63) is 58.5 Å². The van der Waals surface area contributed by atoms with Crippen LogP contribution in [0.25, 0.3) is 11.1 Å². The Labute approximate surface area is 125 Å². The zero-order chi connectivity index (χ0) is 14.7. The minimum Gasteiger partial charge on any atom is -0.329 e. The SMILES string of the molecule is C[C@H](c1ccc(-c2ccc[nH]c2=O)cc1)N1CCCCC1. The molecule has 1 N–H and O–H groups in total. The van der Waals surface area contributed by atoms with Gasteiger partial charge in [-0.25, -0.2) is 0 Å². The average Bonchev–Trinajstić information content (AvgIpc) is 2.56. The standard InChI is InChI=1S/C18H22N2O/c1-14(20-12-3-2-4-13-20)15-7-9-16(10-8-15)17-6-5-11-19-18(17)21/h5-11,14H,2-4,12-13H2,1H3,(H,19,21)/t14-/m1/s1. The number of hydrogen-bond acceptors (Lipinski definition) is 2. The minimum atomic E-state index is -0.0330. The van der Waals surface area contributed by atoms with E-state index >= 15 is 0 Å². The van der Waals surface area contributed by atoms with Crippen molar-refractivity contribution in [2.45, 2.75) is 32.2 Å².